The average Bonchev–Trinajstić information content (AvgIpc) is 2.98. The molecule has 0 atom stereocenters. The molecule has 17 heavy (non-hydrogen) atoms. The molecule has 0 saturated heterocycles. The second kappa shape index (κ2) is 4.25. The van der Waals surface area contributed by atoms with Crippen LogP contribution in [0, 0.1) is 0 Å². The third-order valence-electron chi connectivity index (χ3n) is 2.44. The molecule has 0 fully saturated rings. The first kappa shape index (κ1) is 10.4. The van der Waals surface area contributed by atoms with Gasteiger partial charge in [0.1, 0.15) is 0 Å². The molecule has 2 aromatic rings. The predicted molar refractivity (Wildman–Crippen MR) is 62.0 cm³/mol. The Labute approximate surface area is 101 Å². The Morgan fingerprint density at radius 3 is 3.29 bits per heavy atom. The maximum Gasteiger partial charge on any atom is 0.293 e. The summed E-state index contributed by atoms with van der Waals surface area (Å²) in [5, 5.41) is 11.5. The zero-order valence-corrected chi connectivity index (χ0v) is 9.74. The summed E-state index contributed by atoms with van der Waals surface area (Å²) in [5.41, 5.74) is 0. The lowest BCUT2D eigenvalue weighted by molar-refractivity contribution is 0.0995. The molecule has 7 heteroatoms. The first-order chi connectivity index (χ1) is 8.34. The number of nitrogens with zero attached hydrogens (tertiary/aromatic N) is 3. The van der Waals surface area contributed by atoms with Gasteiger partial charge in [-0.2, -0.15) is 0 Å². The molecule has 1 amide bonds. The van der Waals surface area contributed by atoms with Crippen LogP contribution in [0.25, 0.3) is 0 Å². The van der Waals surface area contributed by atoms with E-state index in [1.54, 1.807) is 23.9 Å². The number of amides is 1. The molecule has 0 unspecified atom stereocenters. The van der Waals surface area contributed by atoms with Gasteiger partial charge in [0.05, 0.1) is 6.26 Å². The third kappa shape index (κ3) is 1.93. The fourth-order valence-electron chi connectivity index (χ4n) is 1.65. The highest BCUT2D eigenvalue weighted by molar-refractivity contribution is 7.99. The minimum absolute atomic E-state index is 0.269. The quantitative estimate of drug-likeness (QED) is 0.876. The monoisotopic (exact) mass is 250 g/mol. The maximum absolute atomic E-state index is 11.8. The number of carbonyl (C=O) groups excluding carboxylic acids is 1. The molecule has 2 aromatic heterocycles. The second-order valence-corrected chi connectivity index (χ2v) is 4.65. The van der Waals surface area contributed by atoms with E-state index < -0.39 is 0 Å². The maximum atomic E-state index is 11.8. The van der Waals surface area contributed by atoms with Crippen molar-refractivity contribution in [3.8, 4) is 0 Å². The minimum atomic E-state index is -0.305. The van der Waals surface area contributed by atoms with Crippen LogP contribution >= 0.6 is 11.8 Å². The number of furan rings is 1. The molecule has 0 aromatic carbocycles. The van der Waals surface area contributed by atoms with Crippen molar-refractivity contribution < 1.29 is 9.21 Å². The molecular formula is C10H10N4O2S. The van der Waals surface area contributed by atoms with Crippen LogP contribution in [0.15, 0.2) is 28.0 Å². The molecule has 1 aliphatic heterocycles. The van der Waals surface area contributed by atoms with Crippen molar-refractivity contribution in [3.63, 3.8) is 0 Å². The molecule has 3 heterocycles. The van der Waals surface area contributed by atoms with Gasteiger partial charge in [-0.3, -0.25) is 14.7 Å². The molecule has 0 aliphatic carbocycles. The second-order valence-electron chi connectivity index (χ2n) is 3.59. The molecule has 1 aliphatic rings. The van der Waals surface area contributed by atoms with E-state index in [-0.39, 0.29) is 11.7 Å². The molecule has 0 bridgehead atoms. The standard InChI is InChI=1S/C10H10N4O2S/c15-8(7-3-1-5-16-7)11-9-12-13-10-14(9)4-2-6-17-10/h1,3,5H,2,4,6H2,(H,11,12,15). The molecule has 88 valence electrons. The Bertz CT molecular complexity index is 535. The van der Waals surface area contributed by atoms with Gasteiger partial charge < -0.3 is 4.42 Å². The van der Waals surface area contributed by atoms with Crippen molar-refractivity contribution in [2.24, 2.45) is 0 Å². The van der Waals surface area contributed by atoms with E-state index in [0.29, 0.717) is 5.95 Å². The first-order valence-electron chi connectivity index (χ1n) is 5.25. The molecule has 0 spiro atoms. The molecule has 0 radical (unpaired) electrons. The van der Waals surface area contributed by atoms with Gasteiger partial charge in [0.25, 0.3) is 5.91 Å². The number of fused-ring (bicyclic) bond motifs is 1. The van der Waals surface area contributed by atoms with Crippen LogP contribution in [0.4, 0.5) is 5.95 Å². The van der Waals surface area contributed by atoms with E-state index in [2.05, 4.69) is 15.5 Å². The fourth-order valence-corrected chi connectivity index (χ4v) is 2.53. The summed E-state index contributed by atoms with van der Waals surface area (Å²) < 4.78 is 6.93. The molecule has 3 rings (SSSR count). The van der Waals surface area contributed by atoms with Gasteiger partial charge in [-0.1, -0.05) is 11.8 Å². The molecule has 0 saturated carbocycles. The third-order valence-corrected chi connectivity index (χ3v) is 3.50. The Hall–Kier alpha value is -1.76. The number of thioether (sulfide) groups is 1. The number of anilines is 1. The minimum Gasteiger partial charge on any atom is -0.459 e. The Balaban J connectivity index is 1.81. The summed E-state index contributed by atoms with van der Waals surface area (Å²) in [4.78, 5) is 11.8. The highest BCUT2D eigenvalue weighted by Gasteiger charge is 2.19. The molecule has 1 N–H and O–H groups in total. The highest BCUT2D eigenvalue weighted by atomic mass is 32.2. The molecule has 6 nitrogen and oxygen atoms in total. The van der Waals surface area contributed by atoms with Gasteiger partial charge in [-0.25, -0.2) is 0 Å². The summed E-state index contributed by atoms with van der Waals surface area (Å²) >= 11 is 1.65. The predicted octanol–water partition coefficient (Wildman–Crippen LogP) is 1.62. The van der Waals surface area contributed by atoms with Gasteiger partial charge in [-0.05, 0) is 18.6 Å². The van der Waals surface area contributed by atoms with Crippen LogP contribution in [0.3, 0.4) is 0 Å². The SMILES string of the molecule is O=C(Nc1nnc2n1CCCS2)c1ccco1. The normalized spacial score (nSPS) is 14.4. The summed E-state index contributed by atoms with van der Waals surface area (Å²) in [5.74, 6) is 1.49. The Morgan fingerprint density at radius 2 is 2.47 bits per heavy atom. The van der Waals surface area contributed by atoms with Crippen molar-refractivity contribution in [1.29, 1.82) is 0 Å². The van der Waals surface area contributed by atoms with Crippen LogP contribution in [0.2, 0.25) is 0 Å². The number of aromatic nitrogens is 3. The highest BCUT2D eigenvalue weighted by Crippen LogP contribution is 2.25. The van der Waals surface area contributed by atoms with Crippen molar-refractivity contribution in [3.05, 3.63) is 24.2 Å². The first-order valence-corrected chi connectivity index (χ1v) is 6.24. The van der Waals surface area contributed by atoms with Gasteiger partial charge in [0.15, 0.2) is 10.9 Å². The lowest BCUT2D eigenvalue weighted by atomic mass is 10.4. The van der Waals surface area contributed by atoms with E-state index in [0.717, 1.165) is 23.9 Å². The number of rotatable bonds is 2. The fraction of sp³-hybridized carbons (Fsp3) is 0.300. The van der Waals surface area contributed by atoms with Crippen molar-refractivity contribution >= 4 is 23.6 Å². The summed E-state index contributed by atoms with van der Waals surface area (Å²) in [6.45, 7) is 0.836. The Kier molecular flexibility index (Phi) is 2.60. The van der Waals surface area contributed by atoms with E-state index in [4.69, 9.17) is 4.42 Å². The van der Waals surface area contributed by atoms with Crippen LogP contribution in [-0.2, 0) is 6.54 Å². The van der Waals surface area contributed by atoms with Crippen LogP contribution in [0.5, 0.6) is 0 Å². The van der Waals surface area contributed by atoms with E-state index >= 15 is 0 Å². The van der Waals surface area contributed by atoms with Gasteiger partial charge in [-0.15, -0.1) is 10.2 Å². The Morgan fingerprint density at radius 1 is 1.53 bits per heavy atom. The number of nitrogens with one attached hydrogen (secondary N) is 1. The van der Waals surface area contributed by atoms with Gasteiger partial charge in [0.2, 0.25) is 5.95 Å². The van der Waals surface area contributed by atoms with Gasteiger partial charge in [0, 0.05) is 12.3 Å². The van der Waals surface area contributed by atoms with Crippen LogP contribution < -0.4 is 5.32 Å². The van der Waals surface area contributed by atoms with E-state index in [1.807, 2.05) is 4.57 Å². The lowest BCUT2D eigenvalue weighted by Gasteiger charge is -2.13. The largest absolute Gasteiger partial charge is 0.459 e. The van der Waals surface area contributed by atoms with Crippen molar-refractivity contribution in [2.75, 3.05) is 11.1 Å². The average molecular weight is 250 g/mol. The summed E-state index contributed by atoms with van der Waals surface area (Å²) in [7, 11) is 0. The number of carbonyl (C=O) groups is 1. The van der Waals surface area contributed by atoms with Gasteiger partial charge >= 0.3 is 0 Å². The zero-order valence-electron chi connectivity index (χ0n) is 8.92. The van der Waals surface area contributed by atoms with Crippen LogP contribution in [0.1, 0.15) is 17.0 Å². The zero-order chi connectivity index (χ0) is 11.7. The van der Waals surface area contributed by atoms with Crippen LogP contribution in [-0.4, -0.2) is 26.4 Å². The summed E-state index contributed by atoms with van der Waals surface area (Å²) in [6, 6.07) is 3.28. The summed E-state index contributed by atoms with van der Waals surface area (Å²) in [6.07, 6.45) is 2.52. The van der Waals surface area contributed by atoms with Crippen molar-refractivity contribution in [2.45, 2.75) is 18.1 Å². The van der Waals surface area contributed by atoms with E-state index in [1.165, 1.54) is 6.26 Å². The van der Waals surface area contributed by atoms with Crippen molar-refractivity contribution in [1.82, 2.24) is 14.8 Å². The smallest absolute Gasteiger partial charge is 0.293 e. The van der Waals surface area contributed by atoms with E-state index in [9.17, 15) is 4.79 Å². The number of hydrogen-bond acceptors (Lipinski definition) is 5. The lowest BCUT2D eigenvalue weighted by Crippen LogP contribution is -2.17. The molecular weight excluding hydrogens is 240 g/mol. The number of hydrogen-bond donors (Lipinski definition) is 1. The topological polar surface area (TPSA) is 73.0 Å².